The lowest BCUT2D eigenvalue weighted by Crippen LogP contribution is -2.19. The third-order valence-corrected chi connectivity index (χ3v) is 2.39. The van der Waals surface area contributed by atoms with Crippen LogP contribution in [0.1, 0.15) is 22.8 Å². The predicted octanol–water partition coefficient (Wildman–Crippen LogP) is 1.77. The normalized spacial score (nSPS) is 10.6. The van der Waals surface area contributed by atoms with Crippen LogP contribution in [0, 0.1) is 0 Å². The fourth-order valence-corrected chi connectivity index (χ4v) is 1.57. The number of carbonyl (C=O) groups is 2. The Labute approximate surface area is 109 Å². The van der Waals surface area contributed by atoms with Crippen molar-refractivity contribution in [2.75, 3.05) is 12.3 Å². The van der Waals surface area contributed by atoms with Gasteiger partial charge in [-0.1, -0.05) is 23.8 Å². The lowest BCUT2D eigenvalue weighted by Gasteiger charge is -2.06. The Hall–Kier alpha value is -2.01. The first kappa shape index (κ1) is 14.1. The van der Waals surface area contributed by atoms with Crippen LogP contribution in [0.3, 0.4) is 0 Å². The molecule has 0 saturated carbocycles. The van der Waals surface area contributed by atoms with Crippen LogP contribution in [0.2, 0.25) is 5.02 Å². The zero-order valence-corrected chi connectivity index (χ0v) is 10.5. The second-order valence-electron chi connectivity index (χ2n) is 3.60. The fraction of sp³-hybridized carbons (Fsp3) is 0.167. The first-order chi connectivity index (χ1) is 8.41. The van der Waals surface area contributed by atoms with Gasteiger partial charge in [-0.15, -0.1) is 0 Å². The van der Waals surface area contributed by atoms with Gasteiger partial charge in [0.15, 0.2) is 0 Å². The van der Waals surface area contributed by atoms with Crippen molar-refractivity contribution >= 4 is 35.2 Å². The minimum absolute atomic E-state index is 0.0401. The Balaban J connectivity index is 2.95. The fourth-order valence-electron chi connectivity index (χ4n) is 1.34. The zero-order valence-electron chi connectivity index (χ0n) is 9.74. The number of carboxylic acid groups (broad SMARTS) is 1. The largest absolute Gasteiger partial charge is 0.478 e. The van der Waals surface area contributed by atoms with Crippen molar-refractivity contribution in [3.63, 3.8) is 0 Å². The number of halogens is 1. The average molecular weight is 269 g/mol. The van der Waals surface area contributed by atoms with Crippen molar-refractivity contribution in [3.8, 4) is 0 Å². The maximum atomic E-state index is 10.9. The predicted molar refractivity (Wildman–Crippen MR) is 70.5 cm³/mol. The minimum atomic E-state index is -1.13. The number of rotatable bonds is 4. The molecule has 1 amide bonds. The van der Waals surface area contributed by atoms with Crippen LogP contribution in [0.15, 0.2) is 18.2 Å². The van der Waals surface area contributed by atoms with Gasteiger partial charge in [-0.25, -0.2) is 4.79 Å². The quantitative estimate of drug-likeness (QED) is 0.726. The van der Waals surface area contributed by atoms with Crippen molar-refractivity contribution in [1.29, 1.82) is 0 Å². The summed E-state index contributed by atoms with van der Waals surface area (Å²) in [4.78, 5) is 21.6. The Morgan fingerprint density at radius 2 is 2.17 bits per heavy atom. The molecule has 1 aromatic carbocycles. The summed E-state index contributed by atoms with van der Waals surface area (Å²) in [6, 6.07) is 2.86. The molecule has 6 heteroatoms. The molecule has 0 aliphatic carbocycles. The molecule has 0 bridgehead atoms. The number of nitrogens with one attached hydrogen (secondary N) is 1. The van der Waals surface area contributed by atoms with Gasteiger partial charge in [0, 0.05) is 18.5 Å². The molecule has 0 aliphatic rings. The van der Waals surface area contributed by atoms with E-state index in [1.807, 2.05) is 0 Å². The highest BCUT2D eigenvalue weighted by Crippen LogP contribution is 2.24. The van der Waals surface area contributed by atoms with E-state index in [2.05, 4.69) is 5.32 Å². The molecule has 0 saturated heterocycles. The van der Waals surface area contributed by atoms with Crippen molar-refractivity contribution in [2.45, 2.75) is 6.92 Å². The van der Waals surface area contributed by atoms with Gasteiger partial charge in [0.2, 0.25) is 5.91 Å². The lowest BCUT2D eigenvalue weighted by atomic mass is 10.1. The minimum Gasteiger partial charge on any atom is -0.478 e. The highest BCUT2D eigenvalue weighted by atomic mass is 35.5. The summed E-state index contributed by atoms with van der Waals surface area (Å²) >= 11 is 5.81. The number of hydrogen-bond acceptors (Lipinski definition) is 3. The first-order valence-corrected chi connectivity index (χ1v) is 5.53. The van der Waals surface area contributed by atoms with E-state index in [4.69, 9.17) is 22.4 Å². The third kappa shape index (κ3) is 3.78. The van der Waals surface area contributed by atoms with Gasteiger partial charge in [-0.2, -0.15) is 0 Å². The zero-order chi connectivity index (χ0) is 13.7. The summed E-state index contributed by atoms with van der Waals surface area (Å²) in [7, 11) is 0. The number of nitrogens with two attached hydrogens (primary N) is 1. The Morgan fingerprint density at radius 3 is 2.72 bits per heavy atom. The van der Waals surface area contributed by atoms with E-state index in [0.717, 1.165) is 0 Å². The Morgan fingerprint density at radius 1 is 1.50 bits per heavy atom. The van der Waals surface area contributed by atoms with Gasteiger partial charge < -0.3 is 16.2 Å². The van der Waals surface area contributed by atoms with Crippen molar-refractivity contribution in [2.24, 2.45) is 0 Å². The van der Waals surface area contributed by atoms with Gasteiger partial charge in [-0.05, 0) is 17.7 Å². The maximum Gasteiger partial charge on any atom is 0.337 e. The van der Waals surface area contributed by atoms with Gasteiger partial charge in [0.25, 0.3) is 0 Å². The molecule has 0 heterocycles. The van der Waals surface area contributed by atoms with Gasteiger partial charge in [0.1, 0.15) is 0 Å². The monoisotopic (exact) mass is 268 g/mol. The summed E-state index contributed by atoms with van der Waals surface area (Å²) in [6.07, 6.45) is 3.28. The number of carboxylic acids is 1. The number of benzene rings is 1. The van der Waals surface area contributed by atoms with Crippen LogP contribution < -0.4 is 11.1 Å². The summed E-state index contributed by atoms with van der Waals surface area (Å²) in [6.45, 7) is 1.74. The highest BCUT2D eigenvalue weighted by molar-refractivity contribution is 6.31. The van der Waals surface area contributed by atoms with Crippen LogP contribution in [0.5, 0.6) is 0 Å². The Bertz CT molecular complexity index is 512. The molecule has 0 fully saturated rings. The van der Waals surface area contributed by atoms with E-state index in [1.54, 1.807) is 18.2 Å². The standard InChI is InChI=1S/C12H13ClN2O3/c1-7(16)15-4-2-3-8-5-9(13)6-10(11(8)14)12(17)18/h2-3,5-6H,4,14H2,1H3,(H,15,16)(H,17,18). The smallest absolute Gasteiger partial charge is 0.337 e. The van der Waals surface area contributed by atoms with E-state index < -0.39 is 5.97 Å². The number of aromatic carboxylic acids is 1. The van der Waals surface area contributed by atoms with Gasteiger partial charge >= 0.3 is 5.97 Å². The third-order valence-electron chi connectivity index (χ3n) is 2.17. The topological polar surface area (TPSA) is 92.4 Å². The number of nitrogen functional groups attached to an aromatic ring is 1. The average Bonchev–Trinajstić information content (AvgIpc) is 2.27. The number of anilines is 1. The van der Waals surface area contributed by atoms with Crippen LogP contribution in [-0.2, 0) is 4.79 Å². The Kier molecular flexibility index (Phi) is 4.74. The number of hydrogen-bond donors (Lipinski definition) is 3. The van der Waals surface area contributed by atoms with Gasteiger partial charge in [-0.3, -0.25) is 4.79 Å². The van der Waals surface area contributed by atoms with E-state index >= 15 is 0 Å². The van der Waals surface area contributed by atoms with Crippen LogP contribution in [0.4, 0.5) is 5.69 Å². The molecule has 4 N–H and O–H groups in total. The second-order valence-corrected chi connectivity index (χ2v) is 4.04. The van der Waals surface area contributed by atoms with E-state index in [0.29, 0.717) is 17.1 Å². The molecule has 0 aromatic heterocycles. The molecular formula is C12H13ClN2O3. The summed E-state index contributed by atoms with van der Waals surface area (Å²) in [5.41, 5.74) is 6.33. The van der Waals surface area contributed by atoms with Crippen molar-refractivity contribution in [3.05, 3.63) is 34.4 Å². The molecule has 96 valence electrons. The molecule has 0 radical (unpaired) electrons. The molecule has 18 heavy (non-hydrogen) atoms. The second kappa shape index (κ2) is 6.07. The molecule has 0 atom stereocenters. The van der Waals surface area contributed by atoms with Crippen LogP contribution >= 0.6 is 11.6 Å². The summed E-state index contributed by atoms with van der Waals surface area (Å²) < 4.78 is 0. The number of amides is 1. The van der Waals surface area contributed by atoms with E-state index in [9.17, 15) is 9.59 Å². The van der Waals surface area contributed by atoms with E-state index in [-0.39, 0.29) is 17.2 Å². The van der Waals surface area contributed by atoms with Gasteiger partial charge in [0.05, 0.1) is 11.3 Å². The van der Waals surface area contributed by atoms with Crippen LogP contribution in [-0.4, -0.2) is 23.5 Å². The molecule has 0 spiro atoms. The summed E-state index contributed by atoms with van der Waals surface area (Å²) in [5, 5.41) is 11.8. The number of carbonyl (C=O) groups excluding carboxylic acids is 1. The molecule has 0 unspecified atom stereocenters. The SMILES string of the molecule is CC(=O)NCC=Cc1cc(Cl)cc(C(=O)O)c1N. The lowest BCUT2D eigenvalue weighted by molar-refractivity contribution is -0.118. The molecule has 1 rings (SSSR count). The molecule has 1 aromatic rings. The molecule has 5 nitrogen and oxygen atoms in total. The van der Waals surface area contributed by atoms with Crippen LogP contribution in [0.25, 0.3) is 6.08 Å². The molecule has 0 aliphatic heterocycles. The first-order valence-electron chi connectivity index (χ1n) is 5.15. The van der Waals surface area contributed by atoms with Crippen molar-refractivity contribution < 1.29 is 14.7 Å². The molecular weight excluding hydrogens is 256 g/mol. The van der Waals surface area contributed by atoms with E-state index in [1.165, 1.54) is 13.0 Å². The highest BCUT2D eigenvalue weighted by Gasteiger charge is 2.11. The van der Waals surface area contributed by atoms with Crippen molar-refractivity contribution in [1.82, 2.24) is 5.32 Å². The summed E-state index contributed by atoms with van der Waals surface area (Å²) in [5.74, 6) is -1.28. The maximum absolute atomic E-state index is 10.9.